The Hall–Kier alpha value is -3.22. The normalized spacial score (nSPS) is 10.7. The molecular formula is C16H15N5O2. The first-order valence-corrected chi connectivity index (χ1v) is 6.99. The maximum absolute atomic E-state index is 12.4. The molecule has 0 fully saturated rings. The SMILES string of the molecule is Cc1cc(C)n2ncc(C(=O)Nc3ccc(C(N)=O)cc3)c2n1. The predicted molar refractivity (Wildman–Crippen MR) is 85.4 cm³/mol. The summed E-state index contributed by atoms with van der Waals surface area (Å²) in [4.78, 5) is 27.9. The van der Waals surface area contributed by atoms with Crippen LogP contribution in [0.2, 0.25) is 0 Å². The Morgan fingerprint density at radius 2 is 1.87 bits per heavy atom. The summed E-state index contributed by atoms with van der Waals surface area (Å²) in [6.45, 7) is 3.77. The summed E-state index contributed by atoms with van der Waals surface area (Å²) >= 11 is 0. The molecule has 0 spiro atoms. The van der Waals surface area contributed by atoms with E-state index < -0.39 is 5.91 Å². The molecule has 116 valence electrons. The van der Waals surface area contributed by atoms with Crippen LogP contribution in [-0.4, -0.2) is 26.4 Å². The topological polar surface area (TPSA) is 102 Å². The van der Waals surface area contributed by atoms with Crippen molar-refractivity contribution < 1.29 is 9.59 Å². The maximum Gasteiger partial charge on any atom is 0.261 e. The third kappa shape index (κ3) is 2.76. The molecular weight excluding hydrogens is 294 g/mol. The molecule has 3 aromatic rings. The minimum Gasteiger partial charge on any atom is -0.366 e. The summed E-state index contributed by atoms with van der Waals surface area (Å²) in [6.07, 6.45) is 1.49. The Morgan fingerprint density at radius 1 is 1.17 bits per heavy atom. The quantitative estimate of drug-likeness (QED) is 0.768. The number of carbonyl (C=O) groups excluding carboxylic acids is 2. The number of hydrogen-bond donors (Lipinski definition) is 2. The molecule has 2 amide bonds. The molecule has 0 aliphatic carbocycles. The fraction of sp³-hybridized carbons (Fsp3) is 0.125. The van der Waals surface area contributed by atoms with Crippen LogP contribution in [0.1, 0.15) is 32.1 Å². The van der Waals surface area contributed by atoms with Crippen LogP contribution in [0.5, 0.6) is 0 Å². The molecule has 0 aliphatic heterocycles. The number of nitrogens with one attached hydrogen (secondary N) is 1. The molecule has 7 nitrogen and oxygen atoms in total. The average molecular weight is 309 g/mol. The highest BCUT2D eigenvalue weighted by atomic mass is 16.2. The van der Waals surface area contributed by atoms with E-state index in [-0.39, 0.29) is 5.91 Å². The van der Waals surface area contributed by atoms with Gasteiger partial charge in [-0.2, -0.15) is 5.10 Å². The van der Waals surface area contributed by atoms with E-state index in [9.17, 15) is 9.59 Å². The van der Waals surface area contributed by atoms with E-state index in [1.807, 2.05) is 19.9 Å². The number of rotatable bonds is 3. The van der Waals surface area contributed by atoms with Crippen LogP contribution in [0.25, 0.3) is 5.65 Å². The van der Waals surface area contributed by atoms with Crippen LogP contribution in [0, 0.1) is 13.8 Å². The smallest absolute Gasteiger partial charge is 0.261 e. The lowest BCUT2D eigenvalue weighted by molar-refractivity contribution is 0.0998. The maximum atomic E-state index is 12.4. The fourth-order valence-electron chi connectivity index (χ4n) is 2.35. The third-order valence-corrected chi connectivity index (χ3v) is 3.45. The molecule has 7 heteroatoms. The van der Waals surface area contributed by atoms with Crippen LogP contribution in [0.4, 0.5) is 5.69 Å². The summed E-state index contributed by atoms with van der Waals surface area (Å²) in [5.41, 5.74) is 8.74. The summed E-state index contributed by atoms with van der Waals surface area (Å²) in [7, 11) is 0. The first kappa shape index (κ1) is 14.7. The second-order valence-corrected chi connectivity index (χ2v) is 5.23. The molecule has 0 aliphatic rings. The monoisotopic (exact) mass is 309 g/mol. The van der Waals surface area contributed by atoms with Gasteiger partial charge in [0, 0.05) is 22.6 Å². The zero-order valence-electron chi connectivity index (χ0n) is 12.7. The van der Waals surface area contributed by atoms with Gasteiger partial charge in [-0.1, -0.05) is 0 Å². The Morgan fingerprint density at radius 3 is 2.52 bits per heavy atom. The highest BCUT2D eigenvalue weighted by molar-refractivity contribution is 6.08. The van der Waals surface area contributed by atoms with Crippen molar-refractivity contribution >= 4 is 23.1 Å². The zero-order valence-corrected chi connectivity index (χ0v) is 12.7. The van der Waals surface area contributed by atoms with E-state index in [1.54, 1.807) is 28.8 Å². The summed E-state index contributed by atoms with van der Waals surface area (Å²) in [5.74, 6) is -0.829. The van der Waals surface area contributed by atoms with Gasteiger partial charge in [-0.25, -0.2) is 9.50 Å². The molecule has 2 aromatic heterocycles. The Balaban J connectivity index is 1.90. The summed E-state index contributed by atoms with van der Waals surface area (Å²) < 4.78 is 1.62. The number of carbonyl (C=O) groups is 2. The fourth-order valence-corrected chi connectivity index (χ4v) is 2.35. The average Bonchev–Trinajstić information content (AvgIpc) is 2.91. The molecule has 3 rings (SSSR count). The lowest BCUT2D eigenvalue weighted by Gasteiger charge is -2.05. The molecule has 2 heterocycles. The van der Waals surface area contributed by atoms with Crippen molar-refractivity contribution in [2.45, 2.75) is 13.8 Å². The van der Waals surface area contributed by atoms with Gasteiger partial charge >= 0.3 is 0 Å². The van der Waals surface area contributed by atoms with E-state index in [2.05, 4.69) is 15.4 Å². The Bertz CT molecular complexity index is 912. The van der Waals surface area contributed by atoms with Crippen LogP contribution >= 0.6 is 0 Å². The minimum atomic E-state index is -0.513. The van der Waals surface area contributed by atoms with Gasteiger partial charge in [0.15, 0.2) is 5.65 Å². The Kier molecular flexibility index (Phi) is 3.53. The zero-order chi connectivity index (χ0) is 16.6. The van der Waals surface area contributed by atoms with Crippen LogP contribution < -0.4 is 11.1 Å². The molecule has 0 radical (unpaired) electrons. The van der Waals surface area contributed by atoms with Gasteiger partial charge < -0.3 is 11.1 Å². The van der Waals surface area contributed by atoms with E-state index in [0.29, 0.717) is 22.5 Å². The number of primary amides is 1. The number of amides is 2. The number of fused-ring (bicyclic) bond motifs is 1. The molecule has 1 aromatic carbocycles. The highest BCUT2D eigenvalue weighted by Gasteiger charge is 2.15. The number of aromatic nitrogens is 3. The van der Waals surface area contributed by atoms with Gasteiger partial charge in [0.05, 0.1) is 6.20 Å². The third-order valence-electron chi connectivity index (χ3n) is 3.45. The number of aryl methyl sites for hydroxylation is 2. The van der Waals surface area contributed by atoms with Gasteiger partial charge in [-0.3, -0.25) is 9.59 Å². The van der Waals surface area contributed by atoms with Crippen molar-refractivity contribution in [2.24, 2.45) is 5.73 Å². The number of nitrogens with zero attached hydrogens (tertiary/aromatic N) is 3. The number of benzene rings is 1. The van der Waals surface area contributed by atoms with E-state index in [0.717, 1.165) is 11.4 Å². The van der Waals surface area contributed by atoms with Crippen LogP contribution in [0.15, 0.2) is 36.5 Å². The number of anilines is 1. The molecule has 0 saturated carbocycles. The molecule has 0 bridgehead atoms. The van der Waals surface area contributed by atoms with Crippen LogP contribution in [-0.2, 0) is 0 Å². The van der Waals surface area contributed by atoms with Gasteiger partial charge in [0.25, 0.3) is 5.91 Å². The minimum absolute atomic E-state index is 0.315. The molecule has 3 N–H and O–H groups in total. The van der Waals surface area contributed by atoms with E-state index >= 15 is 0 Å². The first-order chi connectivity index (χ1) is 11.0. The summed E-state index contributed by atoms with van der Waals surface area (Å²) in [5, 5.41) is 6.95. The summed E-state index contributed by atoms with van der Waals surface area (Å²) in [6, 6.07) is 8.24. The van der Waals surface area contributed by atoms with Crippen LogP contribution in [0.3, 0.4) is 0 Å². The second kappa shape index (κ2) is 5.53. The lowest BCUT2D eigenvalue weighted by atomic mass is 10.2. The molecule has 23 heavy (non-hydrogen) atoms. The molecule has 0 saturated heterocycles. The van der Waals surface area contributed by atoms with Gasteiger partial charge in [-0.05, 0) is 44.2 Å². The van der Waals surface area contributed by atoms with Crippen molar-refractivity contribution in [3.8, 4) is 0 Å². The van der Waals surface area contributed by atoms with E-state index in [4.69, 9.17) is 5.73 Å². The van der Waals surface area contributed by atoms with Gasteiger partial charge in [0.2, 0.25) is 5.91 Å². The molecule has 0 atom stereocenters. The molecule has 0 unspecified atom stereocenters. The van der Waals surface area contributed by atoms with Crippen molar-refractivity contribution in [1.29, 1.82) is 0 Å². The van der Waals surface area contributed by atoms with E-state index in [1.165, 1.54) is 6.20 Å². The standard InChI is InChI=1S/C16H15N5O2/c1-9-7-10(2)21-15(19-9)13(8-18-21)16(23)20-12-5-3-11(4-6-12)14(17)22/h3-8H,1-2H3,(H2,17,22)(H,20,23). The van der Waals surface area contributed by atoms with Crippen molar-refractivity contribution in [3.63, 3.8) is 0 Å². The Labute approximate surface area is 132 Å². The predicted octanol–water partition coefficient (Wildman–Crippen LogP) is 1.70. The van der Waals surface area contributed by atoms with Gasteiger partial charge in [0.1, 0.15) is 5.56 Å². The lowest BCUT2D eigenvalue weighted by Crippen LogP contribution is -2.13. The van der Waals surface area contributed by atoms with Crippen molar-refractivity contribution in [3.05, 3.63) is 59.0 Å². The number of hydrogen-bond acceptors (Lipinski definition) is 4. The largest absolute Gasteiger partial charge is 0.366 e. The second-order valence-electron chi connectivity index (χ2n) is 5.23. The van der Waals surface area contributed by atoms with Crippen molar-refractivity contribution in [1.82, 2.24) is 14.6 Å². The van der Waals surface area contributed by atoms with Gasteiger partial charge in [-0.15, -0.1) is 0 Å². The van der Waals surface area contributed by atoms with Crippen molar-refractivity contribution in [2.75, 3.05) is 5.32 Å². The first-order valence-electron chi connectivity index (χ1n) is 6.99. The highest BCUT2D eigenvalue weighted by Crippen LogP contribution is 2.15. The number of nitrogens with two attached hydrogens (primary N) is 1.